The number of hydrogen-bond acceptors (Lipinski definition) is 3. The SMILES string of the molecule is CCCCCn1ccc2cc(-c3cc(N)c(C(F)(F)F)cn3)c(F)cc2c1=O. The van der Waals surface area contributed by atoms with Crippen molar-refractivity contribution in [1.82, 2.24) is 9.55 Å². The van der Waals surface area contributed by atoms with Crippen molar-refractivity contribution in [3.63, 3.8) is 0 Å². The van der Waals surface area contributed by atoms with Gasteiger partial charge in [-0.1, -0.05) is 19.8 Å². The van der Waals surface area contributed by atoms with E-state index < -0.39 is 23.2 Å². The number of pyridine rings is 2. The van der Waals surface area contributed by atoms with Crippen LogP contribution in [0.1, 0.15) is 31.7 Å². The van der Waals surface area contributed by atoms with Crippen LogP contribution in [0.4, 0.5) is 23.2 Å². The van der Waals surface area contributed by atoms with Gasteiger partial charge in [-0.2, -0.15) is 13.2 Å². The molecule has 0 spiro atoms. The zero-order chi connectivity index (χ0) is 20.5. The number of unbranched alkanes of at least 4 members (excludes halogenated alkanes) is 2. The van der Waals surface area contributed by atoms with Crippen LogP contribution in [0.2, 0.25) is 0 Å². The molecular formula is C20H19F4N3O. The van der Waals surface area contributed by atoms with Crippen molar-refractivity contribution < 1.29 is 17.6 Å². The molecule has 0 radical (unpaired) electrons. The quantitative estimate of drug-likeness (QED) is 0.491. The molecule has 0 aliphatic rings. The van der Waals surface area contributed by atoms with Crippen LogP contribution in [0.5, 0.6) is 0 Å². The van der Waals surface area contributed by atoms with E-state index in [4.69, 9.17) is 5.73 Å². The topological polar surface area (TPSA) is 60.9 Å². The Morgan fingerprint density at radius 3 is 2.57 bits per heavy atom. The summed E-state index contributed by atoms with van der Waals surface area (Å²) in [6, 6.07) is 5.16. The Hall–Kier alpha value is -2.90. The first-order chi connectivity index (χ1) is 13.2. The maximum absolute atomic E-state index is 14.6. The van der Waals surface area contributed by atoms with Crippen molar-refractivity contribution in [3.05, 3.63) is 58.4 Å². The van der Waals surface area contributed by atoms with Gasteiger partial charge < -0.3 is 10.3 Å². The van der Waals surface area contributed by atoms with Crippen LogP contribution in [0, 0.1) is 5.82 Å². The highest BCUT2D eigenvalue weighted by molar-refractivity contribution is 5.86. The number of fused-ring (bicyclic) bond motifs is 1. The Bertz CT molecular complexity index is 1070. The molecule has 0 amide bonds. The Labute approximate surface area is 158 Å². The highest BCUT2D eigenvalue weighted by Gasteiger charge is 2.33. The molecular weight excluding hydrogens is 374 g/mol. The third-order valence-electron chi connectivity index (χ3n) is 4.58. The fourth-order valence-corrected chi connectivity index (χ4v) is 3.07. The van der Waals surface area contributed by atoms with Gasteiger partial charge in [0.05, 0.1) is 16.6 Å². The first kappa shape index (κ1) is 19.9. The van der Waals surface area contributed by atoms with Crippen LogP contribution in [0.3, 0.4) is 0 Å². The number of aromatic nitrogens is 2. The molecule has 2 heterocycles. The zero-order valence-electron chi connectivity index (χ0n) is 15.2. The summed E-state index contributed by atoms with van der Waals surface area (Å²) in [6.07, 6.45) is 0.427. The number of rotatable bonds is 5. The summed E-state index contributed by atoms with van der Waals surface area (Å²) in [5, 5.41) is 0.688. The third kappa shape index (κ3) is 3.85. The molecule has 0 fully saturated rings. The largest absolute Gasteiger partial charge is 0.419 e. The molecule has 3 aromatic rings. The minimum absolute atomic E-state index is 0.0175. The van der Waals surface area contributed by atoms with Crippen LogP contribution >= 0.6 is 0 Å². The van der Waals surface area contributed by atoms with Crippen LogP contribution in [-0.2, 0) is 12.7 Å². The van der Waals surface area contributed by atoms with Gasteiger partial charge in [0.1, 0.15) is 5.82 Å². The average molecular weight is 393 g/mol. The smallest absolute Gasteiger partial charge is 0.398 e. The molecule has 4 nitrogen and oxygen atoms in total. The molecule has 0 aliphatic heterocycles. The van der Waals surface area contributed by atoms with Crippen molar-refractivity contribution in [2.75, 3.05) is 5.73 Å². The fourth-order valence-electron chi connectivity index (χ4n) is 3.07. The van der Waals surface area contributed by atoms with E-state index >= 15 is 0 Å². The number of hydrogen-bond donors (Lipinski definition) is 1. The number of anilines is 1. The summed E-state index contributed by atoms with van der Waals surface area (Å²) >= 11 is 0. The number of benzene rings is 1. The lowest BCUT2D eigenvalue weighted by Gasteiger charge is -2.12. The second-order valence-corrected chi connectivity index (χ2v) is 6.60. The van der Waals surface area contributed by atoms with E-state index in [9.17, 15) is 22.4 Å². The predicted molar refractivity (Wildman–Crippen MR) is 100 cm³/mol. The van der Waals surface area contributed by atoms with E-state index in [2.05, 4.69) is 11.9 Å². The van der Waals surface area contributed by atoms with E-state index in [1.165, 1.54) is 10.6 Å². The Morgan fingerprint density at radius 2 is 1.93 bits per heavy atom. The van der Waals surface area contributed by atoms with Gasteiger partial charge in [-0.15, -0.1) is 0 Å². The summed E-state index contributed by atoms with van der Waals surface area (Å²) in [5.41, 5.74) is 3.50. The molecule has 1 aromatic carbocycles. The summed E-state index contributed by atoms with van der Waals surface area (Å²) in [7, 11) is 0. The van der Waals surface area contributed by atoms with Crippen molar-refractivity contribution in [2.24, 2.45) is 0 Å². The van der Waals surface area contributed by atoms with Gasteiger partial charge in [-0.3, -0.25) is 9.78 Å². The molecule has 2 aromatic heterocycles. The molecule has 0 atom stereocenters. The molecule has 0 saturated carbocycles. The summed E-state index contributed by atoms with van der Waals surface area (Å²) < 4.78 is 54.7. The van der Waals surface area contributed by atoms with Gasteiger partial charge in [0.25, 0.3) is 5.56 Å². The lowest BCUT2D eigenvalue weighted by Crippen LogP contribution is -2.19. The van der Waals surface area contributed by atoms with Crippen molar-refractivity contribution in [3.8, 4) is 11.3 Å². The lowest BCUT2D eigenvalue weighted by atomic mass is 10.0. The van der Waals surface area contributed by atoms with E-state index in [0.29, 0.717) is 18.1 Å². The van der Waals surface area contributed by atoms with Crippen LogP contribution in [0.25, 0.3) is 22.0 Å². The van der Waals surface area contributed by atoms with Crippen molar-refractivity contribution in [2.45, 2.75) is 38.9 Å². The summed E-state index contributed by atoms with van der Waals surface area (Å²) in [6.45, 7) is 2.60. The highest BCUT2D eigenvalue weighted by Crippen LogP contribution is 2.35. The van der Waals surface area contributed by atoms with E-state index in [1.807, 2.05) is 0 Å². The number of nitrogens with zero attached hydrogens (tertiary/aromatic N) is 2. The first-order valence-electron chi connectivity index (χ1n) is 8.88. The maximum Gasteiger partial charge on any atom is 0.419 e. The van der Waals surface area contributed by atoms with Crippen molar-refractivity contribution >= 4 is 16.5 Å². The third-order valence-corrected chi connectivity index (χ3v) is 4.58. The number of nitrogens with two attached hydrogens (primary N) is 1. The lowest BCUT2D eigenvalue weighted by molar-refractivity contribution is -0.137. The minimum atomic E-state index is -4.64. The maximum atomic E-state index is 14.6. The van der Waals surface area contributed by atoms with Gasteiger partial charge in [0.15, 0.2) is 0 Å². The molecule has 28 heavy (non-hydrogen) atoms. The second-order valence-electron chi connectivity index (χ2n) is 6.60. The van der Waals surface area contributed by atoms with Gasteiger partial charge in [-0.25, -0.2) is 4.39 Å². The number of nitrogen functional groups attached to an aromatic ring is 1. The Balaban J connectivity index is 2.04. The van der Waals surface area contributed by atoms with E-state index in [-0.39, 0.29) is 22.2 Å². The standard InChI is InChI=1S/C20H19F4N3O/c1-2-3-4-6-27-7-5-12-8-14(16(21)9-13(12)19(27)28)18-10-17(25)15(11-26-18)20(22,23)24/h5,7-11H,2-4,6H2,1H3,(H2,25,26). The van der Waals surface area contributed by atoms with Gasteiger partial charge in [0.2, 0.25) is 0 Å². The molecule has 0 saturated heterocycles. The summed E-state index contributed by atoms with van der Waals surface area (Å²) in [4.78, 5) is 16.3. The number of halogens is 4. The van der Waals surface area contributed by atoms with Crippen LogP contribution < -0.4 is 11.3 Å². The average Bonchev–Trinajstić information content (AvgIpc) is 2.62. The predicted octanol–water partition coefficient (Wildman–Crippen LogP) is 4.99. The Kier molecular flexibility index (Phi) is 5.40. The monoisotopic (exact) mass is 393 g/mol. The first-order valence-corrected chi connectivity index (χ1v) is 8.88. The Morgan fingerprint density at radius 1 is 1.18 bits per heavy atom. The molecule has 8 heteroatoms. The number of aryl methyl sites for hydroxylation is 1. The zero-order valence-corrected chi connectivity index (χ0v) is 15.2. The molecule has 0 unspecified atom stereocenters. The second kappa shape index (κ2) is 7.61. The molecule has 0 aliphatic carbocycles. The van der Waals surface area contributed by atoms with E-state index in [1.54, 1.807) is 12.3 Å². The van der Waals surface area contributed by atoms with Crippen LogP contribution in [-0.4, -0.2) is 9.55 Å². The van der Waals surface area contributed by atoms with Gasteiger partial charge >= 0.3 is 6.18 Å². The van der Waals surface area contributed by atoms with Crippen molar-refractivity contribution in [1.29, 1.82) is 0 Å². The van der Waals surface area contributed by atoms with E-state index in [0.717, 1.165) is 31.4 Å². The molecule has 3 rings (SSSR count). The van der Waals surface area contributed by atoms with Gasteiger partial charge in [-0.05, 0) is 36.1 Å². The highest BCUT2D eigenvalue weighted by atomic mass is 19.4. The molecule has 148 valence electrons. The summed E-state index contributed by atoms with van der Waals surface area (Å²) in [5.74, 6) is -0.748. The fraction of sp³-hybridized carbons (Fsp3) is 0.300. The molecule has 2 N–H and O–H groups in total. The van der Waals surface area contributed by atoms with Crippen LogP contribution in [0.15, 0.2) is 41.5 Å². The molecule has 0 bridgehead atoms. The minimum Gasteiger partial charge on any atom is -0.398 e. The normalized spacial score (nSPS) is 11.9. The number of alkyl halides is 3. The van der Waals surface area contributed by atoms with Gasteiger partial charge in [0, 0.05) is 30.2 Å².